The van der Waals surface area contributed by atoms with Crippen LogP contribution in [0.1, 0.15) is 52.6 Å². The van der Waals surface area contributed by atoms with E-state index in [0.717, 1.165) is 30.8 Å². The maximum absolute atomic E-state index is 5.90. The normalized spacial score (nSPS) is 23.6. The molecule has 1 spiro atoms. The highest BCUT2D eigenvalue weighted by Crippen LogP contribution is 2.58. The Morgan fingerprint density at radius 2 is 1.39 bits per heavy atom. The van der Waals surface area contributed by atoms with Gasteiger partial charge in [-0.25, -0.2) is 0 Å². The van der Waals surface area contributed by atoms with Crippen LogP contribution in [0.5, 0.6) is 11.5 Å². The summed E-state index contributed by atoms with van der Waals surface area (Å²) in [7, 11) is 3.65. The zero-order valence-electron chi connectivity index (χ0n) is 16.7. The van der Waals surface area contributed by atoms with Crippen LogP contribution < -0.4 is 9.47 Å². The van der Waals surface area contributed by atoms with Crippen LogP contribution in [0.4, 0.5) is 0 Å². The maximum atomic E-state index is 5.90. The van der Waals surface area contributed by atoms with Crippen LogP contribution >= 0.6 is 0 Å². The minimum Gasteiger partial charge on any atom is -0.496 e. The third-order valence-corrected chi connectivity index (χ3v) is 7.65. The van der Waals surface area contributed by atoms with Gasteiger partial charge in [-0.15, -0.1) is 0 Å². The van der Waals surface area contributed by atoms with Crippen molar-refractivity contribution in [3.8, 4) is 11.5 Å². The van der Waals surface area contributed by atoms with Crippen molar-refractivity contribution in [3.05, 3.63) is 80.9 Å². The Kier molecular flexibility index (Phi) is 3.39. The first-order valence-electron chi connectivity index (χ1n) is 10.5. The van der Waals surface area contributed by atoms with Crippen LogP contribution in [0.15, 0.2) is 47.6 Å². The fourth-order valence-corrected chi connectivity index (χ4v) is 6.51. The van der Waals surface area contributed by atoms with Crippen LogP contribution in [0, 0.1) is 0 Å². The van der Waals surface area contributed by atoms with Crippen molar-refractivity contribution in [2.75, 3.05) is 14.2 Å². The molecule has 0 heterocycles. The average molecular weight is 370 g/mol. The minimum absolute atomic E-state index is 0.141. The lowest BCUT2D eigenvalue weighted by Crippen LogP contribution is -2.24. The Bertz CT molecular complexity index is 1070. The molecule has 0 saturated carbocycles. The molecule has 142 valence electrons. The Labute approximate surface area is 166 Å². The molecule has 28 heavy (non-hydrogen) atoms. The Morgan fingerprint density at radius 3 is 2.00 bits per heavy atom. The van der Waals surface area contributed by atoms with E-state index in [2.05, 4.69) is 36.4 Å². The van der Waals surface area contributed by atoms with E-state index in [1.807, 2.05) is 14.2 Å². The van der Waals surface area contributed by atoms with Crippen molar-refractivity contribution in [2.45, 2.75) is 50.4 Å². The Hall–Kier alpha value is -2.48. The van der Waals surface area contributed by atoms with Gasteiger partial charge in [0.2, 0.25) is 0 Å². The number of aryl methyl sites for hydroxylation is 2. The van der Waals surface area contributed by atoms with E-state index in [1.54, 1.807) is 16.7 Å². The van der Waals surface area contributed by atoms with Crippen LogP contribution in [0.2, 0.25) is 0 Å². The molecular formula is C26H26O2. The molecule has 0 N–H and O–H groups in total. The van der Waals surface area contributed by atoms with E-state index in [4.69, 9.17) is 9.47 Å². The van der Waals surface area contributed by atoms with Crippen molar-refractivity contribution in [1.82, 2.24) is 0 Å². The van der Waals surface area contributed by atoms with Gasteiger partial charge in [0, 0.05) is 23.0 Å². The number of rotatable bonds is 2. The molecule has 0 saturated heterocycles. The summed E-state index contributed by atoms with van der Waals surface area (Å²) in [5.74, 6) is 2.13. The molecule has 0 aromatic heterocycles. The summed E-state index contributed by atoms with van der Waals surface area (Å²) >= 11 is 0. The monoisotopic (exact) mass is 370 g/mol. The van der Waals surface area contributed by atoms with E-state index >= 15 is 0 Å². The smallest absolute Gasteiger partial charge is 0.122 e. The van der Waals surface area contributed by atoms with Crippen molar-refractivity contribution < 1.29 is 9.47 Å². The maximum Gasteiger partial charge on any atom is 0.122 e. The van der Waals surface area contributed by atoms with Crippen LogP contribution in [-0.4, -0.2) is 14.2 Å². The molecule has 0 fully saturated rings. The molecular weight excluding hydrogens is 344 g/mol. The first-order chi connectivity index (χ1) is 13.7. The predicted octanol–water partition coefficient (Wildman–Crippen LogP) is 5.24. The average Bonchev–Trinajstić information content (AvgIpc) is 3.41. The van der Waals surface area contributed by atoms with Gasteiger partial charge in [-0.05, 0) is 78.5 Å². The van der Waals surface area contributed by atoms with Gasteiger partial charge in [0.05, 0.1) is 14.2 Å². The standard InChI is InChI=1S/C26H26O2/c1-27-22-8-6-16-10-12-26-13-11-17-7-9-23(28-2)21(25(17)26)15-19-5-3-4-18(19)14-20(22)24(16)26/h3-4,6-9H,5,10-15H2,1-2H3. The number of hydrogen-bond donors (Lipinski definition) is 0. The van der Waals surface area contributed by atoms with Gasteiger partial charge >= 0.3 is 0 Å². The third kappa shape index (κ3) is 1.98. The SMILES string of the molecule is COc1ccc2c3c1CC1=C(CC=C1)Cc1c(OC)ccc4c1C3(CC2)CC4. The molecule has 0 radical (unpaired) electrons. The number of hydrogen-bond acceptors (Lipinski definition) is 2. The van der Waals surface area contributed by atoms with Gasteiger partial charge in [-0.3, -0.25) is 0 Å². The Morgan fingerprint density at radius 1 is 0.786 bits per heavy atom. The minimum atomic E-state index is 0.141. The van der Waals surface area contributed by atoms with E-state index < -0.39 is 0 Å². The second-order valence-corrected chi connectivity index (χ2v) is 8.73. The van der Waals surface area contributed by atoms with Crippen molar-refractivity contribution >= 4 is 0 Å². The molecule has 2 aromatic rings. The fraction of sp³-hybridized carbons (Fsp3) is 0.385. The molecule has 0 aliphatic heterocycles. The van der Waals surface area contributed by atoms with Gasteiger partial charge in [0.15, 0.2) is 0 Å². The predicted molar refractivity (Wildman–Crippen MR) is 112 cm³/mol. The van der Waals surface area contributed by atoms with E-state index in [1.165, 1.54) is 53.5 Å². The van der Waals surface area contributed by atoms with Gasteiger partial charge < -0.3 is 9.47 Å². The summed E-state index contributed by atoms with van der Waals surface area (Å²) in [6, 6.07) is 9.05. The highest BCUT2D eigenvalue weighted by atomic mass is 16.5. The molecule has 2 nitrogen and oxygen atoms in total. The summed E-state index contributed by atoms with van der Waals surface area (Å²) in [5.41, 5.74) is 12.3. The van der Waals surface area contributed by atoms with Crippen LogP contribution in [0.25, 0.3) is 0 Å². The number of allylic oxidation sites excluding steroid dienone is 4. The number of ether oxygens (including phenoxy) is 2. The van der Waals surface area contributed by atoms with E-state index in [9.17, 15) is 0 Å². The summed E-state index contributed by atoms with van der Waals surface area (Å²) in [6.45, 7) is 0. The third-order valence-electron chi connectivity index (χ3n) is 7.65. The van der Waals surface area contributed by atoms with Crippen LogP contribution in [-0.2, 0) is 31.1 Å². The topological polar surface area (TPSA) is 18.5 Å². The lowest BCUT2D eigenvalue weighted by atomic mass is 9.72. The summed E-state index contributed by atoms with van der Waals surface area (Å²) in [6.07, 6.45) is 12.5. The molecule has 4 aliphatic carbocycles. The second-order valence-electron chi connectivity index (χ2n) is 8.73. The lowest BCUT2D eigenvalue weighted by Gasteiger charge is -2.31. The number of methoxy groups -OCH3 is 2. The Balaban J connectivity index is 1.74. The molecule has 2 aromatic carbocycles. The van der Waals surface area contributed by atoms with Crippen LogP contribution in [0.3, 0.4) is 0 Å². The molecule has 1 unspecified atom stereocenters. The highest BCUT2D eigenvalue weighted by molar-refractivity contribution is 5.66. The largest absolute Gasteiger partial charge is 0.496 e. The molecule has 1 atom stereocenters. The van der Waals surface area contributed by atoms with Crippen molar-refractivity contribution in [3.63, 3.8) is 0 Å². The molecule has 0 amide bonds. The fourth-order valence-electron chi connectivity index (χ4n) is 6.51. The zero-order valence-corrected chi connectivity index (χ0v) is 16.7. The molecule has 6 rings (SSSR count). The van der Waals surface area contributed by atoms with Crippen molar-refractivity contribution in [2.24, 2.45) is 0 Å². The van der Waals surface area contributed by atoms with E-state index in [0.29, 0.717) is 0 Å². The summed E-state index contributed by atoms with van der Waals surface area (Å²) < 4.78 is 11.8. The van der Waals surface area contributed by atoms with Gasteiger partial charge in [-0.1, -0.05) is 29.9 Å². The highest BCUT2D eigenvalue weighted by Gasteiger charge is 2.48. The van der Waals surface area contributed by atoms with Gasteiger partial charge in [-0.2, -0.15) is 0 Å². The second kappa shape index (κ2) is 5.76. The van der Waals surface area contributed by atoms with Gasteiger partial charge in [0.1, 0.15) is 11.5 Å². The van der Waals surface area contributed by atoms with Crippen molar-refractivity contribution in [1.29, 1.82) is 0 Å². The quantitative estimate of drug-likeness (QED) is 0.720. The first-order valence-corrected chi connectivity index (χ1v) is 10.5. The summed E-state index contributed by atoms with van der Waals surface area (Å²) in [4.78, 5) is 0. The summed E-state index contributed by atoms with van der Waals surface area (Å²) in [5, 5.41) is 0. The van der Waals surface area contributed by atoms with E-state index in [-0.39, 0.29) is 5.41 Å². The molecule has 2 heteroatoms. The molecule has 0 bridgehead atoms. The first kappa shape index (κ1) is 16.5. The zero-order chi connectivity index (χ0) is 18.9. The number of benzene rings is 2. The lowest BCUT2D eigenvalue weighted by molar-refractivity contribution is 0.404. The van der Waals surface area contributed by atoms with Gasteiger partial charge in [0.25, 0.3) is 0 Å². The molecule has 4 aliphatic rings.